The number of halogens is 1. The molecule has 4 nitrogen and oxygen atoms in total. The Hall–Kier alpha value is -1.26. The maximum absolute atomic E-state index is 12.7. The van der Waals surface area contributed by atoms with Gasteiger partial charge in [0.05, 0.1) is 12.0 Å². The van der Waals surface area contributed by atoms with Gasteiger partial charge >= 0.3 is 0 Å². The fourth-order valence-corrected chi connectivity index (χ4v) is 4.44. The Balaban J connectivity index is 0.00000169. The molecular weight excluding hydrogens is 324 g/mol. The lowest BCUT2D eigenvalue weighted by Crippen LogP contribution is -2.46. The maximum Gasteiger partial charge on any atom is 0.224 e. The second kappa shape index (κ2) is 7.32. The summed E-state index contributed by atoms with van der Waals surface area (Å²) < 4.78 is 6.37. The van der Waals surface area contributed by atoms with Crippen molar-refractivity contribution in [2.24, 2.45) is 5.92 Å². The number of rotatable bonds is 2. The van der Waals surface area contributed by atoms with E-state index >= 15 is 0 Å². The van der Waals surface area contributed by atoms with E-state index < -0.39 is 0 Å². The first-order chi connectivity index (χ1) is 11.3. The molecule has 1 spiro atoms. The first-order valence-corrected chi connectivity index (χ1v) is 9.05. The molecule has 1 aromatic rings. The van der Waals surface area contributed by atoms with Crippen LogP contribution in [0.2, 0.25) is 0 Å². The summed E-state index contributed by atoms with van der Waals surface area (Å²) in [6.07, 6.45) is 7.68. The predicted octanol–water partition coefficient (Wildman–Crippen LogP) is 3.36. The minimum absolute atomic E-state index is 0. The molecule has 1 amide bonds. The minimum atomic E-state index is -0.0584. The summed E-state index contributed by atoms with van der Waals surface area (Å²) in [5, 5.41) is 6.67. The van der Waals surface area contributed by atoms with Crippen molar-refractivity contribution < 1.29 is 9.53 Å². The summed E-state index contributed by atoms with van der Waals surface area (Å²) >= 11 is 0. The zero-order valence-corrected chi connectivity index (χ0v) is 14.9. The summed E-state index contributed by atoms with van der Waals surface area (Å²) in [4.78, 5) is 12.7. The van der Waals surface area contributed by atoms with Crippen LogP contribution in [0.4, 0.5) is 0 Å². The molecule has 2 atom stereocenters. The van der Waals surface area contributed by atoms with Gasteiger partial charge in [0.2, 0.25) is 5.91 Å². The van der Waals surface area contributed by atoms with E-state index in [2.05, 4.69) is 22.8 Å². The molecule has 2 fully saturated rings. The average Bonchev–Trinajstić information content (AvgIpc) is 3.03. The van der Waals surface area contributed by atoms with Crippen molar-refractivity contribution in [1.82, 2.24) is 10.6 Å². The van der Waals surface area contributed by atoms with Crippen molar-refractivity contribution in [3.63, 3.8) is 0 Å². The molecule has 3 aliphatic rings. The number of nitrogens with one attached hydrogen (secondary N) is 2. The van der Waals surface area contributed by atoms with E-state index in [4.69, 9.17) is 4.74 Å². The smallest absolute Gasteiger partial charge is 0.224 e. The highest BCUT2D eigenvalue weighted by Crippen LogP contribution is 2.47. The fourth-order valence-electron chi connectivity index (χ4n) is 4.44. The van der Waals surface area contributed by atoms with Gasteiger partial charge in [-0.1, -0.05) is 18.2 Å². The third-order valence-electron chi connectivity index (χ3n) is 5.70. The van der Waals surface area contributed by atoms with E-state index in [0.717, 1.165) is 56.5 Å². The monoisotopic (exact) mass is 350 g/mol. The van der Waals surface area contributed by atoms with Crippen molar-refractivity contribution in [2.75, 3.05) is 13.1 Å². The third kappa shape index (κ3) is 3.40. The molecule has 0 aromatic heterocycles. The Morgan fingerprint density at radius 2 is 2.00 bits per heavy atom. The maximum atomic E-state index is 12.7. The molecule has 24 heavy (non-hydrogen) atoms. The van der Waals surface area contributed by atoms with E-state index in [1.54, 1.807) is 0 Å². The van der Waals surface area contributed by atoms with Gasteiger partial charge in [0.1, 0.15) is 11.4 Å². The zero-order chi connectivity index (χ0) is 15.7. The molecule has 1 aromatic carbocycles. The van der Waals surface area contributed by atoms with Crippen LogP contribution >= 0.6 is 12.4 Å². The molecular formula is C19H27ClN2O2. The van der Waals surface area contributed by atoms with Gasteiger partial charge in [-0.25, -0.2) is 0 Å². The second-order valence-electron chi connectivity index (χ2n) is 7.34. The summed E-state index contributed by atoms with van der Waals surface area (Å²) in [5.74, 6) is 1.28. The molecule has 2 heterocycles. The lowest BCUT2D eigenvalue weighted by atomic mass is 9.85. The molecule has 1 saturated heterocycles. The number of para-hydroxylation sites is 1. The Bertz CT molecular complexity index is 580. The van der Waals surface area contributed by atoms with Gasteiger partial charge in [0, 0.05) is 18.5 Å². The van der Waals surface area contributed by atoms with Gasteiger partial charge in [-0.15, -0.1) is 12.4 Å². The number of ether oxygens (including phenoxy) is 1. The molecule has 5 heteroatoms. The molecule has 1 saturated carbocycles. The number of benzene rings is 1. The molecule has 2 unspecified atom stereocenters. The highest BCUT2D eigenvalue weighted by Gasteiger charge is 2.43. The van der Waals surface area contributed by atoms with Crippen molar-refractivity contribution >= 4 is 18.3 Å². The average molecular weight is 351 g/mol. The molecule has 1 aliphatic carbocycles. The molecule has 2 N–H and O–H groups in total. The topological polar surface area (TPSA) is 50.4 Å². The Morgan fingerprint density at radius 1 is 1.21 bits per heavy atom. The Kier molecular flexibility index (Phi) is 5.36. The van der Waals surface area contributed by atoms with Crippen LogP contribution in [-0.2, 0) is 4.79 Å². The Labute approximate surface area is 150 Å². The van der Waals surface area contributed by atoms with Crippen molar-refractivity contribution in [2.45, 2.75) is 56.6 Å². The van der Waals surface area contributed by atoms with E-state index in [1.807, 2.05) is 12.1 Å². The van der Waals surface area contributed by atoms with Crippen LogP contribution in [0.5, 0.6) is 5.75 Å². The number of fused-ring (bicyclic) bond motifs is 1. The minimum Gasteiger partial charge on any atom is -0.487 e. The number of carbonyl (C=O) groups is 1. The normalized spacial score (nSPS) is 27.7. The number of piperidine rings is 1. The lowest BCUT2D eigenvalue weighted by Gasteiger charge is -2.40. The van der Waals surface area contributed by atoms with Crippen molar-refractivity contribution in [1.29, 1.82) is 0 Å². The van der Waals surface area contributed by atoms with Gasteiger partial charge < -0.3 is 15.4 Å². The van der Waals surface area contributed by atoms with Crippen LogP contribution in [0.15, 0.2) is 24.3 Å². The van der Waals surface area contributed by atoms with Crippen LogP contribution in [0, 0.1) is 5.92 Å². The zero-order valence-electron chi connectivity index (χ0n) is 14.1. The van der Waals surface area contributed by atoms with Gasteiger partial charge in [-0.2, -0.15) is 0 Å². The molecule has 4 rings (SSSR count). The predicted molar refractivity (Wildman–Crippen MR) is 96.6 cm³/mol. The number of hydrogen-bond acceptors (Lipinski definition) is 3. The number of hydrogen-bond donors (Lipinski definition) is 2. The van der Waals surface area contributed by atoms with Crippen LogP contribution in [-0.4, -0.2) is 24.6 Å². The van der Waals surface area contributed by atoms with Crippen LogP contribution in [0.25, 0.3) is 0 Å². The second-order valence-corrected chi connectivity index (χ2v) is 7.34. The van der Waals surface area contributed by atoms with Gasteiger partial charge in [0.25, 0.3) is 0 Å². The van der Waals surface area contributed by atoms with Crippen LogP contribution in [0.1, 0.15) is 56.6 Å². The van der Waals surface area contributed by atoms with Gasteiger partial charge in [-0.05, 0) is 51.1 Å². The van der Waals surface area contributed by atoms with Gasteiger partial charge in [-0.3, -0.25) is 4.79 Å². The van der Waals surface area contributed by atoms with E-state index in [-0.39, 0.29) is 35.9 Å². The summed E-state index contributed by atoms with van der Waals surface area (Å²) in [6.45, 7) is 1.84. The molecule has 0 bridgehead atoms. The summed E-state index contributed by atoms with van der Waals surface area (Å²) in [6, 6.07) is 8.30. The van der Waals surface area contributed by atoms with Crippen LogP contribution < -0.4 is 15.4 Å². The van der Waals surface area contributed by atoms with E-state index in [1.165, 1.54) is 12.8 Å². The number of carbonyl (C=O) groups excluding carboxylic acids is 1. The SMILES string of the molecule is Cl.O=C(NC1CC2(CCCC2)Oc2ccccc21)C1CCCNC1. The highest BCUT2D eigenvalue weighted by molar-refractivity contribution is 5.85. The molecule has 132 valence electrons. The highest BCUT2D eigenvalue weighted by atomic mass is 35.5. The van der Waals surface area contributed by atoms with Crippen molar-refractivity contribution in [3.05, 3.63) is 29.8 Å². The quantitative estimate of drug-likeness (QED) is 0.859. The molecule has 0 radical (unpaired) electrons. The first-order valence-electron chi connectivity index (χ1n) is 9.05. The fraction of sp³-hybridized carbons (Fsp3) is 0.632. The largest absolute Gasteiger partial charge is 0.487 e. The molecule has 2 aliphatic heterocycles. The van der Waals surface area contributed by atoms with Crippen LogP contribution in [0.3, 0.4) is 0 Å². The van der Waals surface area contributed by atoms with E-state index in [9.17, 15) is 4.79 Å². The third-order valence-corrected chi connectivity index (χ3v) is 5.70. The number of amides is 1. The first kappa shape index (κ1) is 17.6. The standard InChI is InChI=1S/C19H26N2O2.ClH/c22-18(14-6-5-11-20-13-14)21-16-12-19(9-3-4-10-19)23-17-8-2-1-7-15(16)17;/h1-2,7-8,14,16,20H,3-6,9-13H2,(H,21,22);1H. The van der Waals surface area contributed by atoms with Crippen molar-refractivity contribution in [3.8, 4) is 5.75 Å². The Morgan fingerprint density at radius 3 is 2.75 bits per heavy atom. The van der Waals surface area contributed by atoms with Gasteiger partial charge in [0.15, 0.2) is 0 Å². The summed E-state index contributed by atoms with van der Waals surface area (Å²) in [5.41, 5.74) is 1.08. The lowest BCUT2D eigenvalue weighted by molar-refractivity contribution is -0.126. The summed E-state index contributed by atoms with van der Waals surface area (Å²) in [7, 11) is 0. The van der Waals surface area contributed by atoms with E-state index in [0.29, 0.717) is 0 Å².